The topological polar surface area (TPSA) is 32.3 Å². The van der Waals surface area contributed by atoms with Crippen molar-refractivity contribution in [3.05, 3.63) is 89.0 Å². The Hall–Kier alpha value is -2.31. The number of anilines is 1. The third kappa shape index (κ3) is 5.40. The highest BCUT2D eigenvalue weighted by Gasteiger charge is 2.30. The van der Waals surface area contributed by atoms with Gasteiger partial charge < -0.3 is 10.4 Å². The molecule has 152 valence electrons. The predicted octanol–water partition coefficient (Wildman–Crippen LogP) is 6.64. The Morgan fingerprint density at radius 1 is 0.931 bits per heavy atom. The average Bonchev–Trinajstić information content (AvgIpc) is 2.71. The van der Waals surface area contributed by atoms with Gasteiger partial charge in [0.1, 0.15) is 5.75 Å². The highest BCUT2D eigenvalue weighted by atomic mass is 31.1. The normalized spacial score (nSPS) is 13.5. The summed E-state index contributed by atoms with van der Waals surface area (Å²) in [6.07, 6.45) is 2.13. The summed E-state index contributed by atoms with van der Waals surface area (Å²) in [6, 6.07) is 23.1. The summed E-state index contributed by atoms with van der Waals surface area (Å²) in [4.78, 5) is 0. The van der Waals surface area contributed by atoms with Crippen LogP contribution >= 0.6 is 8.58 Å². The van der Waals surface area contributed by atoms with Gasteiger partial charge in [0.05, 0.1) is 0 Å². The number of hydrogen-bond acceptors (Lipinski definition) is 2. The monoisotopic (exact) mass is 405 g/mol. The van der Waals surface area contributed by atoms with Crippen molar-refractivity contribution in [2.24, 2.45) is 0 Å². The lowest BCUT2D eigenvalue weighted by atomic mass is 9.93. The van der Waals surface area contributed by atoms with Crippen LogP contribution < -0.4 is 10.6 Å². The minimum absolute atomic E-state index is 0.0817. The standard InChI is InChI=1S/C26H32NOP/c1-5-15-26(4,23-17-20(3)11-13-24(23)28)29-25-14-12-19(2)16-21(25)18-27-22-9-7-6-8-10-22/h6-14,16-17,27-29H,5,15,18H2,1-4H3. The molecule has 3 heteroatoms. The first kappa shape index (κ1) is 21.4. The Labute approximate surface area is 177 Å². The average molecular weight is 406 g/mol. The lowest BCUT2D eigenvalue weighted by Crippen LogP contribution is -2.22. The molecule has 0 aliphatic carbocycles. The summed E-state index contributed by atoms with van der Waals surface area (Å²) >= 11 is 0. The number of phenols is 1. The van der Waals surface area contributed by atoms with Gasteiger partial charge in [0, 0.05) is 23.0 Å². The highest BCUT2D eigenvalue weighted by molar-refractivity contribution is 7.48. The molecule has 0 spiro atoms. The van der Waals surface area contributed by atoms with Crippen molar-refractivity contribution in [3.8, 4) is 5.75 Å². The van der Waals surface area contributed by atoms with Crippen LogP contribution in [0.2, 0.25) is 0 Å². The van der Waals surface area contributed by atoms with E-state index in [4.69, 9.17) is 0 Å². The summed E-state index contributed by atoms with van der Waals surface area (Å²) in [5, 5.41) is 15.5. The second-order valence-corrected chi connectivity index (χ2v) is 10.0. The number of benzene rings is 3. The summed E-state index contributed by atoms with van der Waals surface area (Å²) in [5.41, 5.74) is 6.01. The molecule has 3 aromatic rings. The summed E-state index contributed by atoms with van der Waals surface area (Å²) in [5.74, 6) is 0.412. The van der Waals surface area contributed by atoms with E-state index in [1.165, 1.54) is 22.0 Å². The molecule has 0 amide bonds. The minimum atomic E-state index is -0.0817. The molecular formula is C26H32NOP. The third-order valence-electron chi connectivity index (χ3n) is 5.42. The quantitative estimate of drug-likeness (QED) is 0.412. The zero-order chi connectivity index (χ0) is 20.9. The summed E-state index contributed by atoms with van der Waals surface area (Å²) in [7, 11) is 0.588. The number of phenolic OH excluding ortho intramolecular Hbond substituents is 1. The van der Waals surface area contributed by atoms with Crippen molar-refractivity contribution >= 4 is 19.6 Å². The van der Waals surface area contributed by atoms with Crippen LogP contribution in [0, 0.1) is 13.8 Å². The van der Waals surface area contributed by atoms with Crippen molar-refractivity contribution < 1.29 is 5.11 Å². The Morgan fingerprint density at radius 2 is 1.62 bits per heavy atom. The fraction of sp³-hybridized carbons (Fsp3) is 0.308. The van der Waals surface area contributed by atoms with E-state index in [0.717, 1.165) is 30.6 Å². The zero-order valence-corrected chi connectivity index (χ0v) is 18.9. The van der Waals surface area contributed by atoms with E-state index < -0.39 is 0 Å². The molecule has 0 bridgehead atoms. The van der Waals surface area contributed by atoms with Crippen LogP contribution in [0.25, 0.3) is 0 Å². The first-order valence-corrected chi connectivity index (χ1v) is 11.4. The minimum Gasteiger partial charge on any atom is -0.508 e. The molecule has 2 N–H and O–H groups in total. The van der Waals surface area contributed by atoms with E-state index in [1.807, 2.05) is 18.2 Å². The van der Waals surface area contributed by atoms with Gasteiger partial charge in [-0.2, -0.15) is 0 Å². The molecule has 0 saturated carbocycles. The lowest BCUT2D eigenvalue weighted by molar-refractivity contribution is 0.453. The maximum Gasteiger partial charge on any atom is 0.119 e. The first-order chi connectivity index (χ1) is 13.9. The first-order valence-electron chi connectivity index (χ1n) is 10.4. The molecule has 0 heterocycles. The Morgan fingerprint density at radius 3 is 2.34 bits per heavy atom. The van der Waals surface area contributed by atoms with Crippen LogP contribution in [0.1, 0.15) is 48.9 Å². The van der Waals surface area contributed by atoms with Gasteiger partial charge in [-0.05, 0) is 49.3 Å². The zero-order valence-electron chi connectivity index (χ0n) is 17.9. The van der Waals surface area contributed by atoms with Crippen molar-refractivity contribution in [3.63, 3.8) is 0 Å². The van der Waals surface area contributed by atoms with Crippen LogP contribution in [0.4, 0.5) is 5.69 Å². The second kappa shape index (κ2) is 9.46. The lowest BCUT2D eigenvalue weighted by Gasteiger charge is -2.32. The van der Waals surface area contributed by atoms with Gasteiger partial charge in [-0.25, -0.2) is 0 Å². The van der Waals surface area contributed by atoms with E-state index in [1.54, 1.807) is 0 Å². The molecule has 3 aromatic carbocycles. The van der Waals surface area contributed by atoms with E-state index in [2.05, 4.69) is 81.5 Å². The molecule has 29 heavy (non-hydrogen) atoms. The fourth-order valence-corrected chi connectivity index (χ4v) is 5.69. The molecule has 2 unspecified atom stereocenters. The molecule has 0 radical (unpaired) electrons. The molecule has 2 atom stereocenters. The van der Waals surface area contributed by atoms with Crippen molar-refractivity contribution in [1.29, 1.82) is 0 Å². The Kier molecular flexibility index (Phi) is 6.98. The molecule has 0 aliphatic rings. The van der Waals surface area contributed by atoms with E-state index in [-0.39, 0.29) is 5.16 Å². The predicted molar refractivity (Wildman–Crippen MR) is 128 cm³/mol. The van der Waals surface area contributed by atoms with Gasteiger partial charge in [0.2, 0.25) is 0 Å². The van der Waals surface area contributed by atoms with Crippen molar-refractivity contribution in [2.75, 3.05) is 5.32 Å². The van der Waals surface area contributed by atoms with Gasteiger partial charge >= 0.3 is 0 Å². The number of aryl methyl sites for hydroxylation is 2. The van der Waals surface area contributed by atoms with E-state index in [0.29, 0.717) is 14.3 Å². The Bertz CT molecular complexity index is 954. The maximum absolute atomic E-state index is 10.6. The van der Waals surface area contributed by atoms with Gasteiger partial charge in [0.25, 0.3) is 0 Å². The van der Waals surface area contributed by atoms with Gasteiger partial charge in [-0.3, -0.25) is 0 Å². The van der Waals surface area contributed by atoms with Gasteiger partial charge in [-0.1, -0.05) is 88.5 Å². The highest BCUT2D eigenvalue weighted by Crippen LogP contribution is 2.48. The Balaban J connectivity index is 1.92. The molecule has 0 saturated heterocycles. The van der Waals surface area contributed by atoms with Crippen LogP contribution in [0.5, 0.6) is 5.75 Å². The van der Waals surface area contributed by atoms with Gasteiger partial charge in [-0.15, -0.1) is 0 Å². The largest absolute Gasteiger partial charge is 0.508 e. The number of hydrogen-bond donors (Lipinski definition) is 2. The summed E-state index contributed by atoms with van der Waals surface area (Å²) in [6.45, 7) is 9.58. The summed E-state index contributed by atoms with van der Waals surface area (Å²) < 4.78 is 0. The van der Waals surface area contributed by atoms with E-state index >= 15 is 0 Å². The van der Waals surface area contributed by atoms with Crippen LogP contribution in [-0.2, 0) is 11.7 Å². The molecule has 0 aromatic heterocycles. The molecule has 3 rings (SSSR count). The number of aromatic hydroxyl groups is 1. The van der Waals surface area contributed by atoms with Gasteiger partial charge in [0.15, 0.2) is 0 Å². The second-order valence-electron chi connectivity index (χ2n) is 8.11. The molecule has 0 aliphatic heterocycles. The molecular weight excluding hydrogens is 373 g/mol. The molecule has 0 fully saturated rings. The van der Waals surface area contributed by atoms with Crippen molar-refractivity contribution in [1.82, 2.24) is 0 Å². The smallest absolute Gasteiger partial charge is 0.119 e. The number of rotatable bonds is 8. The SMILES string of the molecule is CCCC(C)(Pc1ccc(C)cc1CNc1ccccc1)c1cc(C)ccc1O. The maximum atomic E-state index is 10.6. The van der Waals surface area contributed by atoms with E-state index in [9.17, 15) is 5.11 Å². The van der Waals surface area contributed by atoms with Crippen molar-refractivity contribution in [2.45, 2.75) is 52.2 Å². The number of nitrogens with one attached hydrogen (secondary N) is 1. The fourth-order valence-electron chi connectivity index (χ4n) is 3.90. The third-order valence-corrected chi connectivity index (χ3v) is 7.25. The molecule has 2 nitrogen and oxygen atoms in total. The van der Waals surface area contributed by atoms with Crippen LogP contribution in [-0.4, -0.2) is 5.11 Å². The van der Waals surface area contributed by atoms with Crippen LogP contribution in [0.15, 0.2) is 66.7 Å². The number of para-hydroxylation sites is 1. The van der Waals surface area contributed by atoms with Crippen LogP contribution in [0.3, 0.4) is 0 Å².